The Morgan fingerprint density at radius 3 is 2.81 bits per heavy atom. The maximum absolute atomic E-state index is 12.8. The Hall–Kier alpha value is -0.440. The third-order valence-corrected chi connectivity index (χ3v) is 8.14. The molecule has 1 aromatic heterocycles. The standard InChI is InChI=1S/C13H18BrNO4S2/c1-9-7-12(20-13(9)14)21(17,18)15-6-4-3-5-10(15)8-11(16)19-2/h7,10H,3-6,8H2,1-2H3. The third-order valence-electron chi connectivity index (χ3n) is 3.60. The molecule has 1 unspecified atom stereocenters. The van der Waals surface area contributed by atoms with E-state index in [1.807, 2.05) is 6.92 Å². The average molecular weight is 396 g/mol. The van der Waals surface area contributed by atoms with Gasteiger partial charge in [-0.05, 0) is 47.3 Å². The number of aryl methyl sites for hydroxylation is 1. The average Bonchev–Trinajstić information content (AvgIpc) is 2.80. The summed E-state index contributed by atoms with van der Waals surface area (Å²) in [6, 6.07) is 1.37. The zero-order valence-electron chi connectivity index (χ0n) is 12.0. The van der Waals surface area contributed by atoms with Gasteiger partial charge in [0.25, 0.3) is 10.0 Å². The number of sulfonamides is 1. The lowest BCUT2D eigenvalue weighted by atomic mass is 10.0. The summed E-state index contributed by atoms with van der Waals surface area (Å²) < 4.78 is 32.9. The number of ether oxygens (including phenoxy) is 1. The largest absolute Gasteiger partial charge is 0.469 e. The molecule has 0 amide bonds. The van der Waals surface area contributed by atoms with Crippen LogP contribution in [-0.2, 0) is 19.6 Å². The normalized spacial score (nSPS) is 20.4. The number of hydrogen-bond acceptors (Lipinski definition) is 5. The molecule has 0 radical (unpaired) electrons. The fourth-order valence-corrected chi connectivity index (χ4v) is 6.49. The zero-order chi connectivity index (χ0) is 15.6. The highest BCUT2D eigenvalue weighted by Crippen LogP contribution is 2.35. The predicted molar refractivity (Wildman–Crippen MR) is 84.9 cm³/mol. The molecule has 8 heteroatoms. The van der Waals surface area contributed by atoms with Crippen molar-refractivity contribution in [1.29, 1.82) is 0 Å². The van der Waals surface area contributed by atoms with E-state index in [4.69, 9.17) is 0 Å². The molecule has 1 saturated heterocycles. The first-order valence-electron chi connectivity index (χ1n) is 6.71. The number of rotatable bonds is 4. The quantitative estimate of drug-likeness (QED) is 0.735. The first kappa shape index (κ1) is 16.9. The van der Waals surface area contributed by atoms with E-state index in [9.17, 15) is 13.2 Å². The van der Waals surface area contributed by atoms with Crippen LogP contribution >= 0.6 is 27.3 Å². The van der Waals surface area contributed by atoms with E-state index in [0.29, 0.717) is 17.2 Å². The smallest absolute Gasteiger partial charge is 0.307 e. The minimum Gasteiger partial charge on any atom is -0.469 e. The topological polar surface area (TPSA) is 63.7 Å². The van der Waals surface area contributed by atoms with Crippen molar-refractivity contribution in [3.05, 3.63) is 15.4 Å². The first-order valence-corrected chi connectivity index (χ1v) is 9.76. The molecule has 0 saturated carbocycles. The molecule has 5 nitrogen and oxygen atoms in total. The minimum absolute atomic E-state index is 0.112. The number of esters is 1. The number of thiophene rings is 1. The van der Waals surface area contributed by atoms with Crippen LogP contribution in [0.3, 0.4) is 0 Å². The van der Waals surface area contributed by atoms with E-state index in [0.717, 1.165) is 22.2 Å². The Kier molecular flexibility index (Phi) is 5.45. The van der Waals surface area contributed by atoms with Crippen LogP contribution in [0.5, 0.6) is 0 Å². The van der Waals surface area contributed by atoms with E-state index in [1.54, 1.807) is 6.07 Å². The van der Waals surface area contributed by atoms with Gasteiger partial charge in [-0.15, -0.1) is 11.3 Å². The van der Waals surface area contributed by atoms with Crippen molar-refractivity contribution >= 4 is 43.3 Å². The Morgan fingerprint density at radius 1 is 1.52 bits per heavy atom. The Bertz CT molecular complexity index is 607. The lowest BCUT2D eigenvalue weighted by Crippen LogP contribution is -2.44. The molecule has 0 aliphatic carbocycles. The molecule has 0 bridgehead atoms. The van der Waals surface area contributed by atoms with Gasteiger partial charge in [-0.1, -0.05) is 6.42 Å². The summed E-state index contributed by atoms with van der Waals surface area (Å²) >= 11 is 4.57. The lowest BCUT2D eigenvalue weighted by Gasteiger charge is -2.33. The summed E-state index contributed by atoms with van der Waals surface area (Å²) in [4.78, 5) is 11.5. The van der Waals surface area contributed by atoms with E-state index in [2.05, 4.69) is 20.7 Å². The van der Waals surface area contributed by atoms with Crippen LogP contribution in [0.2, 0.25) is 0 Å². The number of nitrogens with zero attached hydrogens (tertiary/aromatic N) is 1. The lowest BCUT2D eigenvalue weighted by molar-refractivity contribution is -0.141. The van der Waals surface area contributed by atoms with E-state index < -0.39 is 10.0 Å². The van der Waals surface area contributed by atoms with Gasteiger partial charge in [0.15, 0.2) is 0 Å². The number of hydrogen-bond donors (Lipinski definition) is 0. The van der Waals surface area contributed by atoms with E-state index >= 15 is 0 Å². The molecular formula is C13H18BrNO4S2. The second kappa shape index (κ2) is 6.76. The van der Waals surface area contributed by atoms with Crippen molar-refractivity contribution in [2.24, 2.45) is 0 Å². The van der Waals surface area contributed by atoms with Crippen molar-refractivity contribution in [3.63, 3.8) is 0 Å². The Labute approximate surface area is 137 Å². The molecule has 0 aromatic carbocycles. The van der Waals surface area contributed by atoms with Gasteiger partial charge in [0.1, 0.15) is 4.21 Å². The number of halogens is 1. The summed E-state index contributed by atoms with van der Waals surface area (Å²) in [5, 5.41) is 0. The molecule has 1 atom stereocenters. The SMILES string of the molecule is COC(=O)CC1CCCCN1S(=O)(=O)c1cc(C)c(Br)s1. The van der Waals surface area contributed by atoms with Gasteiger partial charge in [-0.25, -0.2) is 8.42 Å². The van der Waals surface area contributed by atoms with Crippen molar-refractivity contribution in [2.75, 3.05) is 13.7 Å². The van der Waals surface area contributed by atoms with Crippen molar-refractivity contribution < 1.29 is 17.9 Å². The highest BCUT2D eigenvalue weighted by atomic mass is 79.9. The molecule has 1 aliphatic rings. The minimum atomic E-state index is -3.55. The highest BCUT2D eigenvalue weighted by Gasteiger charge is 2.35. The number of piperidine rings is 1. The van der Waals surface area contributed by atoms with Crippen molar-refractivity contribution in [1.82, 2.24) is 4.31 Å². The van der Waals surface area contributed by atoms with Crippen LogP contribution in [0.4, 0.5) is 0 Å². The molecular weight excluding hydrogens is 378 g/mol. The fraction of sp³-hybridized carbons (Fsp3) is 0.615. The monoisotopic (exact) mass is 395 g/mol. The maximum Gasteiger partial charge on any atom is 0.307 e. The molecule has 0 N–H and O–H groups in total. The number of methoxy groups -OCH3 is 1. The Morgan fingerprint density at radius 2 is 2.24 bits per heavy atom. The Balaban J connectivity index is 2.29. The summed E-state index contributed by atoms with van der Waals surface area (Å²) in [7, 11) is -2.23. The van der Waals surface area contributed by atoms with Crippen LogP contribution < -0.4 is 0 Å². The first-order chi connectivity index (χ1) is 9.86. The molecule has 1 fully saturated rings. The second-order valence-electron chi connectivity index (χ2n) is 5.07. The van der Waals surface area contributed by atoms with Gasteiger partial charge in [-0.2, -0.15) is 4.31 Å². The van der Waals surface area contributed by atoms with Crippen LogP contribution in [0.1, 0.15) is 31.2 Å². The number of carbonyl (C=O) groups is 1. The summed E-state index contributed by atoms with van der Waals surface area (Å²) in [6.45, 7) is 2.32. The van der Waals surface area contributed by atoms with Crippen molar-refractivity contribution in [2.45, 2.75) is 42.9 Å². The van der Waals surface area contributed by atoms with Gasteiger partial charge < -0.3 is 4.74 Å². The highest BCUT2D eigenvalue weighted by molar-refractivity contribution is 9.11. The molecule has 1 aromatic rings. The fourth-order valence-electron chi connectivity index (χ4n) is 2.44. The van der Waals surface area contributed by atoms with Crippen LogP contribution in [0.25, 0.3) is 0 Å². The summed E-state index contributed by atoms with van der Waals surface area (Å²) in [5.74, 6) is -0.370. The third kappa shape index (κ3) is 3.67. The van der Waals surface area contributed by atoms with Gasteiger partial charge in [-0.3, -0.25) is 4.79 Å². The maximum atomic E-state index is 12.8. The van der Waals surface area contributed by atoms with E-state index in [1.165, 1.54) is 22.8 Å². The van der Waals surface area contributed by atoms with Gasteiger partial charge in [0.05, 0.1) is 17.3 Å². The second-order valence-corrected chi connectivity index (χ2v) is 9.56. The van der Waals surface area contributed by atoms with Crippen LogP contribution in [-0.4, -0.2) is 38.4 Å². The van der Waals surface area contributed by atoms with Gasteiger partial charge in [0.2, 0.25) is 0 Å². The zero-order valence-corrected chi connectivity index (χ0v) is 15.2. The van der Waals surface area contributed by atoms with Crippen LogP contribution in [0, 0.1) is 6.92 Å². The molecule has 21 heavy (non-hydrogen) atoms. The predicted octanol–water partition coefficient (Wildman–Crippen LogP) is 2.93. The van der Waals surface area contributed by atoms with Gasteiger partial charge in [0, 0.05) is 12.6 Å². The van der Waals surface area contributed by atoms with Gasteiger partial charge >= 0.3 is 5.97 Å². The molecule has 0 spiro atoms. The molecule has 118 valence electrons. The molecule has 2 heterocycles. The van der Waals surface area contributed by atoms with Crippen LogP contribution in [0.15, 0.2) is 14.1 Å². The number of carbonyl (C=O) groups excluding carboxylic acids is 1. The summed E-state index contributed by atoms with van der Waals surface area (Å²) in [5.41, 5.74) is 0.903. The van der Waals surface area contributed by atoms with E-state index in [-0.39, 0.29) is 18.4 Å². The molecule has 2 rings (SSSR count). The molecule has 1 aliphatic heterocycles. The van der Waals surface area contributed by atoms with Crippen molar-refractivity contribution in [3.8, 4) is 0 Å². The summed E-state index contributed by atoms with van der Waals surface area (Å²) in [6.07, 6.45) is 2.56.